The van der Waals surface area contributed by atoms with Gasteiger partial charge in [-0.1, -0.05) is 11.8 Å². The summed E-state index contributed by atoms with van der Waals surface area (Å²) in [6.45, 7) is 0. The highest BCUT2D eigenvalue weighted by Gasteiger charge is 2.29. The molecule has 2 aromatic carbocycles. The van der Waals surface area contributed by atoms with Crippen molar-refractivity contribution in [1.29, 1.82) is 0 Å². The van der Waals surface area contributed by atoms with Crippen molar-refractivity contribution < 1.29 is 14.5 Å². The fourth-order valence-electron chi connectivity index (χ4n) is 1.95. The standard InChI is InChI=1S/C17H10F3N/c18-17(19,20)15-6-3-12(4-7-15)1-2-13-5-8-16-14(11-13)9-10-21-16/h3-11,21H/i9D. The minimum Gasteiger partial charge on any atom is -0.361 e. The number of aromatic nitrogens is 1. The summed E-state index contributed by atoms with van der Waals surface area (Å²) >= 11 is 0. The zero-order valence-electron chi connectivity index (χ0n) is 11.8. The molecule has 1 heterocycles. The number of H-pyrrole nitrogens is 1. The first-order valence-corrected chi connectivity index (χ1v) is 6.20. The number of rotatable bonds is 0. The van der Waals surface area contributed by atoms with Crippen LogP contribution in [-0.4, -0.2) is 4.98 Å². The molecule has 0 amide bonds. The molecule has 0 bridgehead atoms. The number of benzene rings is 2. The van der Waals surface area contributed by atoms with Crippen LogP contribution in [0.5, 0.6) is 0 Å². The van der Waals surface area contributed by atoms with E-state index < -0.39 is 11.7 Å². The molecule has 104 valence electrons. The zero-order valence-corrected chi connectivity index (χ0v) is 10.8. The van der Waals surface area contributed by atoms with Crippen LogP contribution in [0.4, 0.5) is 13.2 Å². The first kappa shape index (κ1) is 12.1. The van der Waals surface area contributed by atoms with E-state index in [4.69, 9.17) is 1.37 Å². The Morgan fingerprint density at radius 3 is 2.33 bits per heavy atom. The molecular formula is C17H10F3N. The minimum atomic E-state index is -4.34. The van der Waals surface area contributed by atoms with E-state index in [1.165, 1.54) is 12.1 Å². The van der Waals surface area contributed by atoms with Gasteiger partial charge in [-0.3, -0.25) is 0 Å². The van der Waals surface area contributed by atoms with Gasteiger partial charge in [0.1, 0.15) is 0 Å². The second kappa shape index (κ2) is 5.02. The van der Waals surface area contributed by atoms with Crippen LogP contribution >= 0.6 is 0 Å². The molecule has 0 saturated carbocycles. The van der Waals surface area contributed by atoms with Gasteiger partial charge in [0.2, 0.25) is 0 Å². The summed E-state index contributed by atoms with van der Waals surface area (Å²) in [7, 11) is 0. The normalized spacial score (nSPS) is 11.9. The van der Waals surface area contributed by atoms with E-state index in [1.807, 2.05) is 6.07 Å². The lowest BCUT2D eigenvalue weighted by atomic mass is 10.1. The average molecular weight is 286 g/mol. The molecule has 0 aliphatic carbocycles. The van der Waals surface area contributed by atoms with E-state index in [-0.39, 0.29) is 0 Å². The quantitative estimate of drug-likeness (QED) is 0.582. The molecule has 3 rings (SSSR count). The van der Waals surface area contributed by atoms with Crippen LogP contribution in [0.15, 0.2) is 54.7 Å². The lowest BCUT2D eigenvalue weighted by Gasteiger charge is -2.05. The van der Waals surface area contributed by atoms with Gasteiger partial charge in [0.15, 0.2) is 0 Å². The predicted octanol–water partition coefficient (Wildman–Crippen LogP) is 4.59. The third-order valence-corrected chi connectivity index (χ3v) is 3.04. The SMILES string of the molecule is [2H]c1c[nH]c2ccc(C#Cc3ccc(C(F)(F)F)cc3)cc12. The Bertz CT molecular complexity index is 880. The van der Waals surface area contributed by atoms with Gasteiger partial charge in [-0.15, -0.1) is 0 Å². The number of hydrogen-bond acceptors (Lipinski definition) is 0. The van der Waals surface area contributed by atoms with Crippen LogP contribution in [0, 0.1) is 11.8 Å². The molecule has 0 radical (unpaired) electrons. The first-order valence-electron chi connectivity index (χ1n) is 6.70. The van der Waals surface area contributed by atoms with Gasteiger partial charge in [0, 0.05) is 28.2 Å². The highest BCUT2D eigenvalue weighted by atomic mass is 19.4. The van der Waals surface area contributed by atoms with Gasteiger partial charge in [-0.25, -0.2) is 0 Å². The van der Waals surface area contributed by atoms with Gasteiger partial charge in [-0.05, 0) is 48.5 Å². The number of nitrogens with one attached hydrogen (secondary N) is 1. The van der Waals surface area contributed by atoms with E-state index in [2.05, 4.69) is 16.8 Å². The lowest BCUT2D eigenvalue weighted by molar-refractivity contribution is -0.137. The van der Waals surface area contributed by atoms with E-state index in [1.54, 1.807) is 18.3 Å². The van der Waals surface area contributed by atoms with Crippen molar-refractivity contribution in [3.05, 3.63) is 71.4 Å². The summed E-state index contributed by atoms with van der Waals surface area (Å²) in [6, 6.07) is 10.5. The molecule has 1 aromatic heterocycles. The summed E-state index contributed by atoms with van der Waals surface area (Å²) in [5, 5.41) is 0.763. The first-order chi connectivity index (χ1) is 10.4. The third kappa shape index (κ3) is 2.92. The Kier molecular flexibility index (Phi) is 2.89. The Morgan fingerprint density at radius 1 is 0.952 bits per heavy atom. The molecule has 4 heteroatoms. The molecular weight excluding hydrogens is 275 g/mol. The Balaban J connectivity index is 1.89. The molecule has 3 aromatic rings. The van der Waals surface area contributed by atoms with Crippen molar-refractivity contribution >= 4 is 10.9 Å². The van der Waals surface area contributed by atoms with E-state index in [0.29, 0.717) is 17.2 Å². The highest BCUT2D eigenvalue weighted by molar-refractivity contribution is 5.80. The number of fused-ring (bicyclic) bond motifs is 1. The van der Waals surface area contributed by atoms with Crippen LogP contribution in [0.25, 0.3) is 10.9 Å². The maximum Gasteiger partial charge on any atom is 0.416 e. The van der Waals surface area contributed by atoms with Crippen LogP contribution in [-0.2, 0) is 6.18 Å². The van der Waals surface area contributed by atoms with Crippen LogP contribution in [0.2, 0.25) is 0 Å². The third-order valence-electron chi connectivity index (χ3n) is 3.04. The number of halogens is 3. The van der Waals surface area contributed by atoms with E-state index in [9.17, 15) is 13.2 Å². The highest BCUT2D eigenvalue weighted by Crippen LogP contribution is 2.28. The Hall–Kier alpha value is -2.67. The van der Waals surface area contributed by atoms with Crippen molar-refractivity contribution in [2.45, 2.75) is 6.18 Å². The molecule has 0 unspecified atom stereocenters. The number of aromatic amines is 1. The maximum absolute atomic E-state index is 12.5. The molecule has 1 N–H and O–H groups in total. The summed E-state index contributed by atoms with van der Waals surface area (Å²) in [6.07, 6.45) is -2.74. The van der Waals surface area contributed by atoms with Gasteiger partial charge in [0.25, 0.3) is 0 Å². The summed E-state index contributed by atoms with van der Waals surface area (Å²) in [5.41, 5.74) is 1.38. The van der Waals surface area contributed by atoms with Crippen molar-refractivity contribution in [3.8, 4) is 11.8 Å². The van der Waals surface area contributed by atoms with Crippen molar-refractivity contribution in [3.63, 3.8) is 0 Å². The molecule has 21 heavy (non-hydrogen) atoms. The summed E-state index contributed by atoms with van der Waals surface area (Å²) in [4.78, 5) is 2.97. The minimum absolute atomic E-state index is 0.383. The second-order valence-corrected chi connectivity index (χ2v) is 4.52. The molecule has 0 aliphatic rings. The smallest absolute Gasteiger partial charge is 0.361 e. The van der Waals surface area contributed by atoms with E-state index >= 15 is 0 Å². The Labute approximate surface area is 120 Å². The summed E-state index contributed by atoms with van der Waals surface area (Å²) < 4.78 is 45.1. The van der Waals surface area contributed by atoms with Gasteiger partial charge >= 0.3 is 6.18 Å². The van der Waals surface area contributed by atoms with Crippen LogP contribution in [0.3, 0.4) is 0 Å². The molecule has 0 spiro atoms. The van der Waals surface area contributed by atoms with Gasteiger partial charge in [-0.2, -0.15) is 13.2 Å². The van der Waals surface area contributed by atoms with Crippen molar-refractivity contribution in [2.24, 2.45) is 0 Å². The lowest BCUT2D eigenvalue weighted by Crippen LogP contribution is -2.04. The van der Waals surface area contributed by atoms with E-state index in [0.717, 1.165) is 23.0 Å². The maximum atomic E-state index is 12.5. The molecule has 0 saturated heterocycles. The number of hydrogen-bond donors (Lipinski definition) is 1. The van der Waals surface area contributed by atoms with Gasteiger partial charge in [0.05, 0.1) is 6.93 Å². The predicted molar refractivity (Wildman–Crippen MR) is 75.7 cm³/mol. The topological polar surface area (TPSA) is 15.8 Å². The number of alkyl halides is 3. The zero-order chi connectivity index (χ0) is 15.7. The molecule has 1 nitrogen and oxygen atoms in total. The van der Waals surface area contributed by atoms with Crippen molar-refractivity contribution in [1.82, 2.24) is 4.98 Å². The summed E-state index contributed by atoms with van der Waals surface area (Å²) in [5.74, 6) is 5.73. The van der Waals surface area contributed by atoms with Gasteiger partial charge < -0.3 is 4.98 Å². The van der Waals surface area contributed by atoms with Crippen LogP contribution < -0.4 is 0 Å². The molecule has 0 fully saturated rings. The Morgan fingerprint density at radius 2 is 1.62 bits per heavy atom. The monoisotopic (exact) mass is 286 g/mol. The second-order valence-electron chi connectivity index (χ2n) is 4.52. The molecule has 0 atom stereocenters. The largest absolute Gasteiger partial charge is 0.416 e. The molecule has 0 aliphatic heterocycles. The van der Waals surface area contributed by atoms with Crippen LogP contribution in [0.1, 0.15) is 18.1 Å². The fraction of sp³-hybridized carbons (Fsp3) is 0.0588. The fourth-order valence-corrected chi connectivity index (χ4v) is 1.95. The average Bonchev–Trinajstić information content (AvgIpc) is 2.86. The van der Waals surface area contributed by atoms with Crippen molar-refractivity contribution in [2.75, 3.05) is 0 Å².